The second kappa shape index (κ2) is 19.0. The van der Waals surface area contributed by atoms with E-state index in [0.29, 0.717) is 12.3 Å². The maximum atomic E-state index is 12.6. The second-order valence-corrected chi connectivity index (χ2v) is 10.1. The maximum absolute atomic E-state index is 12.6. The Hall–Kier alpha value is -1.35. The van der Waals surface area contributed by atoms with Gasteiger partial charge in [-0.3, -0.25) is 4.79 Å². The van der Waals surface area contributed by atoms with Gasteiger partial charge < -0.3 is 9.38 Å². The van der Waals surface area contributed by atoms with Crippen LogP contribution in [0.3, 0.4) is 0 Å². The zero-order valence-electron chi connectivity index (χ0n) is 22.6. The minimum atomic E-state index is 0.322. The number of unbranched alkanes of at least 4 members (excludes halogenated alkanes) is 12. The highest BCUT2D eigenvalue weighted by Gasteiger charge is 2.24. The summed E-state index contributed by atoms with van der Waals surface area (Å²) in [6.07, 6.45) is 18.2. The van der Waals surface area contributed by atoms with Crippen LogP contribution in [0.25, 0.3) is 0 Å². The van der Waals surface area contributed by atoms with E-state index in [-0.39, 0.29) is 0 Å². The molecule has 0 unspecified atom stereocenters. The number of carbonyl (C=O) groups is 1. The lowest BCUT2D eigenvalue weighted by atomic mass is 10.0. The van der Waals surface area contributed by atoms with Gasteiger partial charge in [0, 0.05) is 19.0 Å². The van der Waals surface area contributed by atoms with Gasteiger partial charge in [0.2, 0.25) is 5.91 Å². The summed E-state index contributed by atoms with van der Waals surface area (Å²) in [5, 5.41) is 0. The summed E-state index contributed by atoms with van der Waals surface area (Å²) >= 11 is 0. The van der Waals surface area contributed by atoms with Crippen molar-refractivity contribution in [1.82, 2.24) is 4.90 Å². The molecule has 0 aliphatic heterocycles. The molecule has 0 spiro atoms. The predicted octanol–water partition coefficient (Wildman–Crippen LogP) is 7.98. The minimum absolute atomic E-state index is 0.322. The van der Waals surface area contributed by atoms with Crippen molar-refractivity contribution in [2.45, 2.75) is 117 Å². The molecule has 3 nitrogen and oxygen atoms in total. The standard InChI is InChI=1S/C30H55N2O/c1-5-8-9-10-11-12-13-14-15-16-17-18-22-25-30(33)31(4)26-27-32(6-2,7-3)28-29-23-20-19-21-24-29/h19-21,23-24H,5-18,22,25-28H2,1-4H3/q+1. The fraction of sp³-hybridized carbons (Fsp3) is 0.767. The number of nitrogens with zero attached hydrogens (tertiary/aromatic N) is 2. The maximum Gasteiger partial charge on any atom is 0.222 e. The number of likely N-dealkylation sites (N-methyl/N-ethyl adjacent to an activating group) is 2. The molecule has 33 heavy (non-hydrogen) atoms. The van der Waals surface area contributed by atoms with Crippen molar-refractivity contribution >= 4 is 5.91 Å². The molecule has 0 atom stereocenters. The Kier molecular flexibility index (Phi) is 17.1. The molecule has 1 rings (SSSR count). The van der Waals surface area contributed by atoms with Gasteiger partial charge in [-0.05, 0) is 20.3 Å². The molecule has 3 heteroatoms. The summed E-state index contributed by atoms with van der Waals surface area (Å²) in [6, 6.07) is 10.8. The van der Waals surface area contributed by atoms with Crippen LogP contribution >= 0.6 is 0 Å². The Labute approximate surface area is 206 Å². The lowest BCUT2D eigenvalue weighted by molar-refractivity contribution is -0.937. The van der Waals surface area contributed by atoms with Crippen LogP contribution in [0.2, 0.25) is 0 Å². The molecule has 190 valence electrons. The van der Waals surface area contributed by atoms with E-state index in [4.69, 9.17) is 0 Å². The number of quaternary nitrogens is 1. The summed E-state index contributed by atoms with van der Waals surface area (Å²) in [7, 11) is 1.99. The number of hydrogen-bond acceptors (Lipinski definition) is 1. The lowest BCUT2D eigenvalue weighted by Gasteiger charge is -2.38. The summed E-state index contributed by atoms with van der Waals surface area (Å²) in [4.78, 5) is 14.6. The molecule has 0 aliphatic rings. The molecule has 0 bridgehead atoms. The SMILES string of the molecule is CCCCCCCCCCCCCCCC(=O)N(C)CC[N+](CC)(CC)Cc1ccccc1. The van der Waals surface area contributed by atoms with E-state index >= 15 is 0 Å². The second-order valence-electron chi connectivity index (χ2n) is 10.1. The number of rotatable bonds is 21. The fourth-order valence-corrected chi connectivity index (χ4v) is 4.78. The summed E-state index contributed by atoms with van der Waals surface area (Å²) < 4.78 is 1.04. The van der Waals surface area contributed by atoms with E-state index in [1.54, 1.807) is 0 Å². The van der Waals surface area contributed by atoms with Gasteiger partial charge in [-0.2, -0.15) is 0 Å². The number of amides is 1. The lowest BCUT2D eigenvalue weighted by Crippen LogP contribution is -2.51. The number of benzene rings is 1. The van der Waals surface area contributed by atoms with E-state index in [9.17, 15) is 4.79 Å². The van der Waals surface area contributed by atoms with Gasteiger partial charge in [0.05, 0.1) is 26.2 Å². The summed E-state index contributed by atoms with van der Waals surface area (Å²) in [6.45, 7) is 12.0. The van der Waals surface area contributed by atoms with Crippen molar-refractivity contribution in [1.29, 1.82) is 0 Å². The molecule has 0 fully saturated rings. The van der Waals surface area contributed by atoms with Crippen LogP contribution in [0.1, 0.15) is 116 Å². The van der Waals surface area contributed by atoms with Crippen LogP contribution in [0.15, 0.2) is 30.3 Å². The molecule has 0 heterocycles. The molecule has 1 amide bonds. The van der Waals surface area contributed by atoms with Crippen LogP contribution in [0.5, 0.6) is 0 Å². The van der Waals surface area contributed by atoms with Crippen molar-refractivity contribution in [3.05, 3.63) is 35.9 Å². The average molecular weight is 460 g/mol. The molecular formula is C30H55N2O+. The fourth-order valence-electron chi connectivity index (χ4n) is 4.78. The Morgan fingerprint density at radius 3 is 1.70 bits per heavy atom. The predicted molar refractivity (Wildman–Crippen MR) is 144 cm³/mol. The van der Waals surface area contributed by atoms with Crippen molar-refractivity contribution in [2.75, 3.05) is 33.2 Å². The van der Waals surface area contributed by atoms with Gasteiger partial charge in [0.1, 0.15) is 6.54 Å². The highest BCUT2D eigenvalue weighted by molar-refractivity contribution is 5.75. The van der Waals surface area contributed by atoms with Gasteiger partial charge in [0.25, 0.3) is 0 Å². The minimum Gasteiger partial charge on any atom is -0.340 e. The van der Waals surface area contributed by atoms with Gasteiger partial charge in [-0.15, -0.1) is 0 Å². The highest BCUT2D eigenvalue weighted by atomic mass is 16.2. The number of carbonyl (C=O) groups excluding carboxylic acids is 1. The summed E-state index contributed by atoms with van der Waals surface area (Å²) in [5.74, 6) is 0.322. The molecule has 0 saturated heterocycles. The Bertz CT molecular complexity index is 582. The van der Waals surface area contributed by atoms with Crippen LogP contribution in [-0.4, -0.2) is 48.5 Å². The number of hydrogen-bond donors (Lipinski definition) is 0. The van der Waals surface area contributed by atoms with Crippen LogP contribution in [-0.2, 0) is 11.3 Å². The van der Waals surface area contributed by atoms with Crippen LogP contribution < -0.4 is 0 Å². The third-order valence-corrected chi connectivity index (χ3v) is 7.53. The third-order valence-electron chi connectivity index (χ3n) is 7.53. The first kappa shape index (κ1) is 29.7. The van der Waals surface area contributed by atoms with E-state index in [1.807, 2.05) is 11.9 Å². The Morgan fingerprint density at radius 2 is 1.21 bits per heavy atom. The molecule has 0 radical (unpaired) electrons. The summed E-state index contributed by atoms with van der Waals surface area (Å²) in [5.41, 5.74) is 1.39. The normalized spacial score (nSPS) is 11.6. The van der Waals surface area contributed by atoms with Crippen molar-refractivity contribution < 1.29 is 9.28 Å². The van der Waals surface area contributed by atoms with Gasteiger partial charge >= 0.3 is 0 Å². The molecule has 0 aromatic heterocycles. The smallest absolute Gasteiger partial charge is 0.222 e. The van der Waals surface area contributed by atoms with Crippen LogP contribution in [0, 0.1) is 0 Å². The molecule has 0 aliphatic carbocycles. The largest absolute Gasteiger partial charge is 0.340 e. The monoisotopic (exact) mass is 459 g/mol. The van der Waals surface area contributed by atoms with Gasteiger partial charge in [-0.1, -0.05) is 114 Å². The van der Waals surface area contributed by atoms with E-state index in [0.717, 1.165) is 43.6 Å². The van der Waals surface area contributed by atoms with E-state index in [1.165, 1.54) is 82.6 Å². The Morgan fingerprint density at radius 1 is 0.727 bits per heavy atom. The van der Waals surface area contributed by atoms with Gasteiger partial charge in [0.15, 0.2) is 0 Å². The molecule has 0 N–H and O–H groups in total. The molecular weight excluding hydrogens is 404 g/mol. The highest BCUT2D eigenvalue weighted by Crippen LogP contribution is 2.16. The van der Waals surface area contributed by atoms with E-state index in [2.05, 4.69) is 51.1 Å². The van der Waals surface area contributed by atoms with Crippen LogP contribution in [0.4, 0.5) is 0 Å². The molecule has 1 aromatic rings. The van der Waals surface area contributed by atoms with E-state index < -0.39 is 0 Å². The Balaban J connectivity index is 2.11. The van der Waals surface area contributed by atoms with Crippen molar-refractivity contribution in [3.63, 3.8) is 0 Å². The van der Waals surface area contributed by atoms with Gasteiger partial charge in [-0.25, -0.2) is 0 Å². The quantitative estimate of drug-likeness (QED) is 0.135. The first-order chi connectivity index (χ1) is 16.1. The first-order valence-electron chi connectivity index (χ1n) is 14.2. The first-order valence-corrected chi connectivity index (χ1v) is 14.2. The molecule has 0 saturated carbocycles. The average Bonchev–Trinajstić information content (AvgIpc) is 2.85. The van der Waals surface area contributed by atoms with Crippen molar-refractivity contribution in [3.8, 4) is 0 Å². The zero-order chi connectivity index (χ0) is 24.2. The molecule has 1 aromatic carbocycles. The third kappa shape index (κ3) is 13.8. The van der Waals surface area contributed by atoms with Crippen molar-refractivity contribution in [2.24, 2.45) is 0 Å². The topological polar surface area (TPSA) is 20.3 Å². The zero-order valence-corrected chi connectivity index (χ0v) is 22.6.